The summed E-state index contributed by atoms with van der Waals surface area (Å²) in [5.74, 6) is 0.688. The van der Waals surface area contributed by atoms with Gasteiger partial charge in [-0.3, -0.25) is 0 Å². The van der Waals surface area contributed by atoms with E-state index in [-0.39, 0.29) is 5.35 Å². The molecule has 0 fully saturated rings. The number of rotatable bonds is 2. The van der Waals surface area contributed by atoms with Crippen LogP contribution in [0.5, 0.6) is 0 Å². The van der Waals surface area contributed by atoms with Crippen molar-refractivity contribution in [2.24, 2.45) is 0 Å². The monoisotopic (exact) mass is 333 g/mol. The molecule has 1 aromatic heterocycles. The minimum Gasteiger partial charge on any atom is -0.427 e. The van der Waals surface area contributed by atoms with E-state index in [1.807, 2.05) is 54.6 Å². The van der Waals surface area contributed by atoms with E-state index in [4.69, 9.17) is 16.0 Å². The van der Waals surface area contributed by atoms with Crippen molar-refractivity contribution in [2.75, 3.05) is 0 Å². The highest BCUT2D eigenvalue weighted by atomic mass is 79.9. The van der Waals surface area contributed by atoms with Crippen LogP contribution in [0, 0.1) is 0 Å². The van der Waals surface area contributed by atoms with Crippen molar-refractivity contribution in [3.8, 4) is 22.6 Å². The van der Waals surface area contributed by atoms with Crippen molar-refractivity contribution in [3.05, 3.63) is 64.4 Å². The molecule has 0 unspecified atom stereocenters. The predicted octanol–water partition coefficient (Wildman–Crippen LogP) is 5.42. The normalized spacial score (nSPS) is 10.6. The average molecular weight is 335 g/mol. The summed E-state index contributed by atoms with van der Waals surface area (Å²) in [6, 6.07) is 17.7. The Hall–Kier alpha value is -1.58. The molecule has 2 nitrogen and oxygen atoms in total. The van der Waals surface area contributed by atoms with Crippen molar-refractivity contribution in [3.63, 3.8) is 0 Å². The molecule has 0 spiro atoms. The van der Waals surface area contributed by atoms with Gasteiger partial charge in [-0.2, -0.15) is 4.98 Å². The van der Waals surface area contributed by atoms with Crippen molar-refractivity contribution in [1.29, 1.82) is 0 Å². The first-order chi connectivity index (χ1) is 9.24. The molecule has 0 atom stereocenters. The Morgan fingerprint density at radius 1 is 0.895 bits per heavy atom. The number of aromatic nitrogens is 1. The molecule has 0 aliphatic carbocycles. The fourth-order valence-corrected chi connectivity index (χ4v) is 2.31. The first-order valence-electron chi connectivity index (χ1n) is 5.72. The summed E-state index contributed by atoms with van der Waals surface area (Å²) < 4.78 is 6.55. The smallest absolute Gasteiger partial charge is 0.293 e. The van der Waals surface area contributed by atoms with Gasteiger partial charge >= 0.3 is 0 Å². The van der Waals surface area contributed by atoms with Gasteiger partial charge in [0.15, 0.2) is 5.76 Å². The lowest BCUT2D eigenvalue weighted by Crippen LogP contribution is -1.82. The van der Waals surface area contributed by atoms with Crippen LogP contribution in [0.4, 0.5) is 0 Å². The van der Waals surface area contributed by atoms with Gasteiger partial charge in [0.2, 0.25) is 0 Å². The van der Waals surface area contributed by atoms with Crippen LogP contribution in [0.1, 0.15) is 0 Å². The summed E-state index contributed by atoms with van der Waals surface area (Å²) in [6.45, 7) is 0. The number of halogens is 2. The molecular formula is C15H9BrClNO. The molecule has 0 saturated heterocycles. The predicted molar refractivity (Wildman–Crippen MR) is 80.1 cm³/mol. The molecule has 19 heavy (non-hydrogen) atoms. The van der Waals surface area contributed by atoms with Crippen LogP contribution >= 0.6 is 27.5 Å². The maximum Gasteiger partial charge on any atom is 0.293 e. The third kappa shape index (κ3) is 2.57. The van der Waals surface area contributed by atoms with Crippen LogP contribution in [-0.2, 0) is 0 Å². The quantitative estimate of drug-likeness (QED) is 0.625. The lowest BCUT2D eigenvalue weighted by Gasteiger charge is -2.01. The molecule has 4 heteroatoms. The molecule has 0 N–H and O–H groups in total. The summed E-state index contributed by atoms with van der Waals surface area (Å²) in [6.07, 6.45) is 0. The van der Waals surface area contributed by atoms with Gasteiger partial charge in [0, 0.05) is 15.6 Å². The van der Waals surface area contributed by atoms with E-state index in [0.29, 0.717) is 5.76 Å². The standard InChI is InChI=1S/C15H9BrClNO/c16-12-8-6-10(7-9-12)13-14(19-15(17)18-13)11-4-2-1-3-5-11/h1-9H. The van der Waals surface area contributed by atoms with E-state index in [2.05, 4.69) is 20.9 Å². The number of hydrogen-bond acceptors (Lipinski definition) is 2. The van der Waals surface area contributed by atoms with E-state index in [1.54, 1.807) is 0 Å². The zero-order valence-electron chi connectivity index (χ0n) is 9.81. The van der Waals surface area contributed by atoms with Gasteiger partial charge in [-0.05, 0) is 23.7 Å². The van der Waals surface area contributed by atoms with Crippen LogP contribution in [-0.4, -0.2) is 4.98 Å². The second-order valence-electron chi connectivity index (χ2n) is 4.02. The maximum absolute atomic E-state index is 5.91. The van der Waals surface area contributed by atoms with Crippen LogP contribution < -0.4 is 0 Å². The van der Waals surface area contributed by atoms with E-state index in [9.17, 15) is 0 Å². The Morgan fingerprint density at radius 3 is 2.26 bits per heavy atom. The molecule has 0 amide bonds. The first kappa shape index (κ1) is 12.5. The van der Waals surface area contributed by atoms with Crippen LogP contribution in [0.3, 0.4) is 0 Å². The van der Waals surface area contributed by atoms with E-state index in [1.165, 1.54) is 0 Å². The number of oxazole rings is 1. The second-order valence-corrected chi connectivity index (χ2v) is 5.26. The first-order valence-corrected chi connectivity index (χ1v) is 6.89. The summed E-state index contributed by atoms with van der Waals surface area (Å²) in [4.78, 5) is 4.27. The van der Waals surface area contributed by atoms with Crippen molar-refractivity contribution in [2.45, 2.75) is 0 Å². The Bertz CT molecular complexity index is 692. The summed E-state index contributed by atoms with van der Waals surface area (Å²) in [7, 11) is 0. The second kappa shape index (κ2) is 5.19. The summed E-state index contributed by atoms with van der Waals surface area (Å²) in [5, 5.41) is 0.150. The molecule has 1 heterocycles. The van der Waals surface area contributed by atoms with E-state index >= 15 is 0 Å². The molecular weight excluding hydrogens is 326 g/mol. The molecule has 3 aromatic rings. The van der Waals surface area contributed by atoms with Gasteiger partial charge in [0.05, 0.1) is 0 Å². The molecule has 0 bridgehead atoms. The summed E-state index contributed by atoms with van der Waals surface area (Å²) >= 11 is 9.33. The summed E-state index contributed by atoms with van der Waals surface area (Å²) in [5.41, 5.74) is 2.68. The van der Waals surface area contributed by atoms with Gasteiger partial charge in [-0.15, -0.1) is 0 Å². The Balaban J connectivity index is 2.15. The molecule has 0 aliphatic heterocycles. The largest absolute Gasteiger partial charge is 0.427 e. The van der Waals surface area contributed by atoms with Crippen molar-refractivity contribution >= 4 is 27.5 Å². The third-order valence-electron chi connectivity index (χ3n) is 2.75. The highest BCUT2D eigenvalue weighted by Gasteiger charge is 2.15. The zero-order valence-corrected chi connectivity index (χ0v) is 12.1. The zero-order chi connectivity index (χ0) is 13.2. The van der Waals surface area contributed by atoms with Crippen molar-refractivity contribution < 1.29 is 4.42 Å². The number of benzene rings is 2. The lowest BCUT2D eigenvalue weighted by molar-refractivity contribution is 0.574. The maximum atomic E-state index is 5.91. The third-order valence-corrected chi connectivity index (χ3v) is 3.45. The van der Waals surface area contributed by atoms with E-state index < -0.39 is 0 Å². The Morgan fingerprint density at radius 2 is 1.58 bits per heavy atom. The molecule has 3 rings (SSSR count). The highest BCUT2D eigenvalue weighted by molar-refractivity contribution is 9.10. The number of hydrogen-bond donors (Lipinski definition) is 0. The van der Waals surface area contributed by atoms with Crippen LogP contribution in [0.25, 0.3) is 22.6 Å². The SMILES string of the molecule is Clc1nc(-c2ccc(Br)cc2)c(-c2ccccc2)o1. The van der Waals surface area contributed by atoms with Gasteiger partial charge in [-0.1, -0.05) is 58.4 Å². The van der Waals surface area contributed by atoms with Crippen molar-refractivity contribution in [1.82, 2.24) is 4.98 Å². The van der Waals surface area contributed by atoms with E-state index in [0.717, 1.165) is 21.3 Å². The van der Waals surface area contributed by atoms with Gasteiger partial charge in [-0.25, -0.2) is 0 Å². The average Bonchev–Trinajstić information content (AvgIpc) is 2.83. The molecule has 2 aromatic carbocycles. The fraction of sp³-hybridized carbons (Fsp3) is 0. The van der Waals surface area contributed by atoms with Crippen LogP contribution in [0.2, 0.25) is 5.35 Å². The van der Waals surface area contributed by atoms with Gasteiger partial charge in [0.1, 0.15) is 5.69 Å². The topological polar surface area (TPSA) is 26.0 Å². The molecule has 0 radical (unpaired) electrons. The van der Waals surface area contributed by atoms with Crippen LogP contribution in [0.15, 0.2) is 63.5 Å². The van der Waals surface area contributed by atoms with Gasteiger partial charge in [0.25, 0.3) is 5.35 Å². The fourth-order valence-electron chi connectivity index (χ4n) is 1.88. The Labute approximate surface area is 124 Å². The molecule has 94 valence electrons. The minimum absolute atomic E-state index is 0.150. The van der Waals surface area contributed by atoms with Gasteiger partial charge < -0.3 is 4.42 Å². The minimum atomic E-state index is 0.150. The molecule has 0 aliphatic rings. The highest BCUT2D eigenvalue weighted by Crippen LogP contribution is 2.34. The number of nitrogens with zero attached hydrogens (tertiary/aromatic N) is 1. The molecule has 0 saturated carbocycles. The Kier molecular flexibility index (Phi) is 3.40. The lowest BCUT2D eigenvalue weighted by atomic mass is 10.1.